The number of hydrogen-bond acceptors (Lipinski definition) is 1. The molecule has 0 fully saturated rings. The summed E-state index contributed by atoms with van der Waals surface area (Å²) in [5, 5.41) is 5.67. The van der Waals surface area contributed by atoms with Crippen LogP contribution in [0.5, 0.6) is 0 Å². The van der Waals surface area contributed by atoms with Crippen LogP contribution in [0, 0.1) is 0 Å². The third-order valence-corrected chi connectivity index (χ3v) is 1.48. The zero-order chi connectivity index (χ0) is 9.78. The van der Waals surface area contributed by atoms with Gasteiger partial charge in [-0.3, -0.25) is 0 Å². The Labute approximate surface area is 74.9 Å². The van der Waals surface area contributed by atoms with Crippen LogP contribution in [0.1, 0.15) is 41.0 Å². The number of urea groups is 1. The minimum atomic E-state index is -0.155. The van der Waals surface area contributed by atoms with Gasteiger partial charge in [0.1, 0.15) is 0 Å². The van der Waals surface area contributed by atoms with Gasteiger partial charge in [0.25, 0.3) is 0 Å². The maximum Gasteiger partial charge on any atom is 0.315 e. The summed E-state index contributed by atoms with van der Waals surface area (Å²) in [4.78, 5) is 11.2. The van der Waals surface area contributed by atoms with Crippen LogP contribution in [0.25, 0.3) is 0 Å². The highest BCUT2D eigenvalue weighted by atomic mass is 16.2. The topological polar surface area (TPSA) is 41.1 Å². The zero-order valence-corrected chi connectivity index (χ0v) is 8.69. The first-order valence-corrected chi connectivity index (χ1v) is 4.44. The van der Waals surface area contributed by atoms with Gasteiger partial charge in [-0.1, -0.05) is 6.92 Å². The van der Waals surface area contributed by atoms with Crippen LogP contribution in [0.15, 0.2) is 0 Å². The lowest BCUT2D eigenvalue weighted by molar-refractivity contribution is 0.228. The van der Waals surface area contributed by atoms with Crippen molar-refractivity contribution >= 4 is 6.03 Å². The molecule has 0 bridgehead atoms. The number of nitrogens with one attached hydrogen (secondary N) is 2. The summed E-state index contributed by atoms with van der Waals surface area (Å²) in [6, 6.07) is 0.157. The van der Waals surface area contributed by atoms with E-state index in [-0.39, 0.29) is 17.6 Å². The summed E-state index contributed by atoms with van der Waals surface area (Å²) in [7, 11) is 0. The van der Waals surface area contributed by atoms with Crippen molar-refractivity contribution in [3.8, 4) is 0 Å². The van der Waals surface area contributed by atoms with E-state index in [1.807, 2.05) is 34.6 Å². The van der Waals surface area contributed by atoms with Crippen LogP contribution in [-0.4, -0.2) is 17.6 Å². The minimum Gasteiger partial charge on any atom is -0.336 e. The first kappa shape index (κ1) is 11.3. The summed E-state index contributed by atoms with van der Waals surface area (Å²) in [5.41, 5.74) is -0.155. The molecule has 12 heavy (non-hydrogen) atoms. The summed E-state index contributed by atoms with van der Waals surface area (Å²) in [5.74, 6) is 0. The molecule has 0 spiro atoms. The largest absolute Gasteiger partial charge is 0.336 e. The molecule has 3 nitrogen and oxygen atoms in total. The molecule has 0 aromatic heterocycles. The van der Waals surface area contributed by atoms with Crippen LogP contribution >= 0.6 is 0 Å². The summed E-state index contributed by atoms with van der Waals surface area (Å²) < 4.78 is 0. The Balaban J connectivity index is 3.75. The predicted molar refractivity (Wildman–Crippen MR) is 51.2 cm³/mol. The van der Waals surface area contributed by atoms with E-state index in [0.29, 0.717) is 0 Å². The first-order valence-electron chi connectivity index (χ1n) is 4.44. The number of carbonyl (C=O) groups is 1. The molecule has 0 aliphatic heterocycles. The van der Waals surface area contributed by atoms with Crippen LogP contribution in [0.2, 0.25) is 0 Å². The highest BCUT2D eigenvalue weighted by Gasteiger charge is 2.13. The summed E-state index contributed by atoms with van der Waals surface area (Å²) in [6.45, 7) is 9.92. The number of carbonyl (C=O) groups excluding carboxylic acids is 1. The number of rotatable bonds is 2. The fraction of sp³-hybridized carbons (Fsp3) is 0.889. The highest BCUT2D eigenvalue weighted by molar-refractivity contribution is 5.74. The maximum absolute atomic E-state index is 11.2. The molecule has 0 saturated carbocycles. The quantitative estimate of drug-likeness (QED) is 0.656. The Morgan fingerprint density at radius 1 is 1.42 bits per heavy atom. The van der Waals surface area contributed by atoms with Crippen LogP contribution in [0.4, 0.5) is 4.79 Å². The Bertz CT molecular complexity index is 149. The smallest absolute Gasteiger partial charge is 0.315 e. The molecule has 0 aromatic carbocycles. The molecular formula is C9H20N2O. The molecule has 0 aliphatic carbocycles. The summed E-state index contributed by atoms with van der Waals surface area (Å²) >= 11 is 0. The number of hydrogen-bond donors (Lipinski definition) is 2. The molecule has 0 aromatic rings. The van der Waals surface area contributed by atoms with Gasteiger partial charge in [-0.2, -0.15) is 0 Å². The van der Waals surface area contributed by atoms with Crippen LogP contribution < -0.4 is 10.6 Å². The summed E-state index contributed by atoms with van der Waals surface area (Å²) in [6.07, 6.45) is 0.956. The fourth-order valence-corrected chi connectivity index (χ4v) is 0.703. The molecule has 0 saturated heterocycles. The normalized spacial score (nSPS) is 13.8. The molecule has 2 N–H and O–H groups in total. The lowest BCUT2D eigenvalue weighted by atomic mass is 10.1. The Kier molecular flexibility index (Phi) is 4.07. The van der Waals surface area contributed by atoms with Gasteiger partial charge in [-0.25, -0.2) is 4.79 Å². The molecule has 0 unspecified atom stereocenters. The van der Waals surface area contributed by atoms with Crippen LogP contribution in [-0.2, 0) is 0 Å². The van der Waals surface area contributed by atoms with E-state index in [0.717, 1.165) is 6.42 Å². The van der Waals surface area contributed by atoms with E-state index in [4.69, 9.17) is 0 Å². The van der Waals surface area contributed by atoms with Crippen molar-refractivity contribution < 1.29 is 4.79 Å². The molecule has 2 amide bonds. The molecule has 0 rings (SSSR count). The predicted octanol–water partition coefficient (Wildman–Crippen LogP) is 1.88. The lowest BCUT2D eigenvalue weighted by Crippen LogP contribution is -2.48. The van der Waals surface area contributed by atoms with Crippen molar-refractivity contribution in [3.05, 3.63) is 0 Å². The third kappa shape index (κ3) is 6.01. The van der Waals surface area contributed by atoms with Gasteiger partial charge in [-0.05, 0) is 34.1 Å². The van der Waals surface area contributed by atoms with E-state index in [9.17, 15) is 4.79 Å². The van der Waals surface area contributed by atoms with Gasteiger partial charge in [0, 0.05) is 11.6 Å². The lowest BCUT2D eigenvalue weighted by Gasteiger charge is -2.22. The van der Waals surface area contributed by atoms with Gasteiger partial charge in [-0.15, -0.1) is 0 Å². The van der Waals surface area contributed by atoms with Gasteiger partial charge < -0.3 is 10.6 Å². The maximum atomic E-state index is 11.2. The van der Waals surface area contributed by atoms with Gasteiger partial charge >= 0.3 is 6.03 Å². The Hall–Kier alpha value is -0.730. The van der Waals surface area contributed by atoms with Crippen LogP contribution in [0.3, 0.4) is 0 Å². The fourth-order valence-electron chi connectivity index (χ4n) is 0.703. The first-order chi connectivity index (χ1) is 5.35. The van der Waals surface area contributed by atoms with Crippen molar-refractivity contribution in [2.75, 3.05) is 0 Å². The van der Waals surface area contributed by atoms with Gasteiger partial charge in [0.2, 0.25) is 0 Å². The standard InChI is InChI=1S/C9H20N2O/c1-6-7(2)10-8(12)11-9(3,4)5/h7H,6H2,1-5H3,(H2,10,11,12)/t7-/m1/s1. The monoisotopic (exact) mass is 172 g/mol. The highest BCUT2D eigenvalue weighted by Crippen LogP contribution is 1.98. The van der Waals surface area contributed by atoms with Crippen molar-refractivity contribution in [1.82, 2.24) is 10.6 Å². The van der Waals surface area contributed by atoms with E-state index < -0.39 is 0 Å². The van der Waals surface area contributed by atoms with E-state index in [2.05, 4.69) is 10.6 Å². The average Bonchev–Trinajstić information content (AvgIpc) is 1.82. The van der Waals surface area contributed by atoms with Crippen molar-refractivity contribution in [2.24, 2.45) is 0 Å². The van der Waals surface area contributed by atoms with Crippen molar-refractivity contribution in [2.45, 2.75) is 52.6 Å². The Morgan fingerprint density at radius 3 is 2.25 bits per heavy atom. The molecule has 3 heteroatoms. The molecule has 0 aliphatic rings. The minimum absolute atomic E-state index is 0.0862. The molecule has 1 atom stereocenters. The molecule has 0 heterocycles. The van der Waals surface area contributed by atoms with E-state index in [1.165, 1.54) is 0 Å². The second-order valence-corrected chi connectivity index (χ2v) is 4.16. The second-order valence-electron chi connectivity index (χ2n) is 4.16. The second kappa shape index (κ2) is 4.33. The van der Waals surface area contributed by atoms with Gasteiger partial charge in [0.15, 0.2) is 0 Å². The van der Waals surface area contributed by atoms with E-state index in [1.54, 1.807) is 0 Å². The number of amides is 2. The van der Waals surface area contributed by atoms with Gasteiger partial charge in [0.05, 0.1) is 0 Å². The van der Waals surface area contributed by atoms with Crippen molar-refractivity contribution in [3.63, 3.8) is 0 Å². The molecular weight excluding hydrogens is 152 g/mol. The van der Waals surface area contributed by atoms with E-state index >= 15 is 0 Å². The molecule has 72 valence electrons. The van der Waals surface area contributed by atoms with Crippen molar-refractivity contribution in [1.29, 1.82) is 0 Å². The average molecular weight is 172 g/mol. The SMILES string of the molecule is CC[C@@H](C)NC(=O)NC(C)(C)C. The zero-order valence-electron chi connectivity index (χ0n) is 8.69. The molecule has 0 radical (unpaired) electrons. The Morgan fingerprint density at radius 2 is 1.92 bits per heavy atom. The third-order valence-electron chi connectivity index (χ3n) is 1.48.